The van der Waals surface area contributed by atoms with Gasteiger partial charge in [0.15, 0.2) is 10.8 Å². The number of rotatable bonds is 4. The SMILES string of the molecule is CCOC(=O)[C@@]1(C#N)C(C)(C)[C@@]1(C#N)C(=O)OCC. The van der Waals surface area contributed by atoms with Crippen molar-refractivity contribution in [1.29, 1.82) is 10.5 Å². The number of ether oxygens (including phenoxy) is 2. The topological polar surface area (TPSA) is 100 Å². The summed E-state index contributed by atoms with van der Waals surface area (Å²) >= 11 is 0. The van der Waals surface area contributed by atoms with Gasteiger partial charge in [-0.2, -0.15) is 10.5 Å². The Morgan fingerprint density at radius 2 is 1.26 bits per heavy atom. The second-order valence-corrected chi connectivity index (χ2v) is 4.79. The summed E-state index contributed by atoms with van der Waals surface area (Å²) in [5.74, 6) is -1.70. The maximum absolute atomic E-state index is 12.1. The second-order valence-electron chi connectivity index (χ2n) is 4.79. The molecule has 6 nitrogen and oxygen atoms in total. The van der Waals surface area contributed by atoms with Crippen molar-refractivity contribution in [1.82, 2.24) is 0 Å². The van der Waals surface area contributed by atoms with Crippen LogP contribution < -0.4 is 0 Å². The Kier molecular flexibility index (Phi) is 3.58. The zero-order valence-corrected chi connectivity index (χ0v) is 11.4. The molecule has 1 fully saturated rings. The lowest BCUT2D eigenvalue weighted by Gasteiger charge is -2.11. The molecule has 6 heteroatoms. The van der Waals surface area contributed by atoms with Gasteiger partial charge in [-0.05, 0) is 13.8 Å². The van der Waals surface area contributed by atoms with Gasteiger partial charge in [0.05, 0.1) is 25.4 Å². The minimum atomic E-state index is -1.81. The highest BCUT2D eigenvalue weighted by atomic mass is 16.5. The molecule has 0 amide bonds. The molecule has 0 heterocycles. The second kappa shape index (κ2) is 4.55. The van der Waals surface area contributed by atoms with Crippen LogP contribution in [0.25, 0.3) is 0 Å². The Hall–Kier alpha value is -2.08. The molecule has 0 aliphatic heterocycles. The Balaban J connectivity index is 3.36. The molecule has 0 radical (unpaired) electrons. The van der Waals surface area contributed by atoms with Crippen LogP contribution in [0.4, 0.5) is 0 Å². The summed E-state index contributed by atoms with van der Waals surface area (Å²) in [6.45, 7) is 6.37. The lowest BCUT2D eigenvalue weighted by atomic mass is 9.95. The van der Waals surface area contributed by atoms with Crippen LogP contribution in [0.15, 0.2) is 0 Å². The highest BCUT2D eigenvalue weighted by Crippen LogP contribution is 2.78. The van der Waals surface area contributed by atoms with E-state index in [0.717, 1.165) is 0 Å². The van der Waals surface area contributed by atoms with E-state index >= 15 is 0 Å². The Labute approximate surface area is 111 Å². The number of hydrogen-bond acceptors (Lipinski definition) is 6. The van der Waals surface area contributed by atoms with Crippen LogP contribution in [0.2, 0.25) is 0 Å². The molecule has 0 spiro atoms. The predicted octanol–water partition coefficient (Wildman–Crippen LogP) is 1.17. The maximum Gasteiger partial charge on any atom is 0.329 e. The van der Waals surface area contributed by atoms with E-state index in [9.17, 15) is 20.1 Å². The summed E-state index contributed by atoms with van der Waals surface area (Å²) in [5.41, 5.74) is -4.77. The third-order valence-corrected chi connectivity index (χ3v) is 3.87. The van der Waals surface area contributed by atoms with Crippen molar-refractivity contribution in [2.45, 2.75) is 27.7 Å². The molecule has 1 aliphatic carbocycles. The van der Waals surface area contributed by atoms with E-state index in [1.54, 1.807) is 13.8 Å². The van der Waals surface area contributed by atoms with E-state index in [2.05, 4.69) is 0 Å². The van der Waals surface area contributed by atoms with E-state index in [4.69, 9.17) is 9.47 Å². The molecule has 0 aromatic carbocycles. The van der Waals surface area contributed by atoms with Crippen molar-refractivity contribution in [3.8, 4) is 12.1 Å². The van der Waals surface area contributed by atoms with Gasteiger partial charge in [-0.25, -0.2) is 0 Å². The van der Waals surface area contributed by atoms with Gasteiger partial charge in [0.2, 0.25) is 0 Å². The van der Waals surface area contributed by atoms with Crippen molar-refractivity contribution < 1.29 is 19.1 Å². The van der Waals surface area contributed by atoms with E-state index in [-0.39, 0.29) is 13.2 Å². The number of carbonyl (C=O) groups excluding carboxylic acids is 2. The van der Waals surface area contributed by atoms with Crippen molar-refractivity contribution >= 4 is 11.9 Å². The summed E-state index contributed by atoms with van der Waals surface area (Å²) in [7, 11) is 0. The van der Waals surface area contributed by atoms with E-state index < -0.39 is 28.2 Å². The van der Waals surface area contributed by atoms with Gasteiger partial charge in [0, 0.05) is 5.41 Å². The standard InChI is InChI=1S/C13H16N2O4/c1-5-18-9(16)12(7-14)11(3,4)13(12,8-15)10(17)19-6-2/h5-6H2,1-4H3/t12-,13+. The Morgan fingerprint density at radius 3 is 1.47 bits per heavy atom. The van der Waals surface area contributed by atoms with E-state index in [1.165, 1.54) is 13.8 Å². The quantitative estimate of drug-likeness (QED) is 0.706. The molecule has 0 aromatic heterocycles. The molecular formula is C13H16N2O4. The fourth-order valence-electron chi connectivity index (χ4n) is 2.71. The number of nitriles is 2. The van der Waals surface area contributed by atoms with Gasteiger partial charge in [-0.1, -0.05) is 13.8 Å². The molecule has 19 heavy (non-hydrogen) atoms. The molecule has 0 unspecified atom stereocenters. The first-order chi connectivity index (χ1) is 8.83. The van der Waals surface area contributed by atoms with Gasteiger partial charge >= 0.3 is 11.9 Å². The summed E-state index contributed by atoms with van der Waals surface area (Å²) < 4.78 is 9.72. The van der Waals surface area contributed by atoms with E-state index in [1.807, 2.05) is 12.1 Å². The molecule has 2 atom stereocenters. The lowest BCUT2D eigenvalue weighted by Crippen LogP contribution is -2.30. The van der Waals surface area contributed by atoms with Crippen molar-refractivity contribution in [2.24, 2.45) is 16.2 Å². The molecule has 1 saturated carbocycles. The minimum absolute atomic E-state index is 0.0721. The molecule has 0 bridgehead atoms. The van der Waals surface area contributed by atoms with Crippen LogP contribution in [-0.4, -0.2) is 25.2 Å². The van der Waals surface area contributed by atoms with Crippen molar-refractivity contribution in [3.63, 3.8) is 0 Å². The smallest absolute Gasteiger partial charge is 0.329 e. The molecule has 1 rings (SSSR count). The molecular weight excluding hydrogens is 248 g/mol. The Morgan fingerprint density at radius 1 is 0.947 bits per heavy atom. The summed E-state index contributed by atoms with van der Waals surface area (Å²) in [6.07, 6.45) is 0. The highest BCUT2D eigenvalue weighted by Gasteiger charge is 2.93. The third kappa shape index (κ3) is 1.40. The lowest BCUT2D eigenvalue weighted by molar-refractivity contribution is -0.155. The highest BCUT2D eigenvalue weighted by molar-refractivity contribution is 6.02. The summed E-state index contributed by atoms with van der Waals surface area (Å²) in [4.78, 5) is 24.1. The van der Waals surface area contributed by atoms with Gasteiger partial charge in [-0.15, -0.1) is 0 Å². The zero-order chi connectivity index (χ0) is 14.9. The summed E-state index contributed by atoms with van der Waals surface area (Å²) in [5, 5.41) is 18.7. The predicted molar refractivity (Wildman–Crippen MR) is 63.1 cm³/mol. The van der Waals surface area contributed by atoms with Crippen LogP contribution in [0, 0.1) is 38.9 Å². The average molecular weight is 264 g/mol. The number of nitrogens with zero attached hydrogens (tertiary/aromatic N) is 2. The normalized spacial score (nSPS) is 30.6. The van der Waals surface area contributed by atoms with Crippen LogP contribution in [0.3, 0.4) is 0 Å². The van der Waals surface area contributed by atoms with E-state index in [0.29, 0.717) is 0 Å². The Bertz CT molecular complexity index is 456. The first kappa shape index (κ1) is 15.0. The molecule has 102 valence electrons. The minimum Gasteiger partial charge on any atom is -0.465 e. The maximum atomic E-state index is 12.1. The molecule has 1 aliphatic rings. The van der Waals surface area contributed by atoms with Crippen molar-refractivity contribution in [3.05, 3.63) is 0 Å². The molecule has 0 N–H and O–H groups in total. The number of esters is 2. The van der Waals surface area contributed by atoms with Crippen LogP contribution in [0.5, 0.6) is 0 Å². The number of hydrogen-bond donors (Lipinski definition) is 0. The molecule has 0 saturated heterocycles. The number of carbonyl (C=O) groups is 2. The summed E-state index contributed by atoms with van der Waals surface area (Å²) in [6, 6.07) is 3.62. The van der Waals surface area contributed by atoms with Crippen LogP contribution in [-0.2, 0) is 19.1 Å². The van der Waals surface area contributed by atoms with Gasteiger partial charge in [0.1, 0.15) is 0 Å². The first-order valence-corrected chi connectivity index (χ1v) is 6.01. The van der Waals surface area contributed by atoms with Gasteiger partial charge in [-0.3, -0.25) is 9.59 Å². The zero-order valence-electron chi connectivity index (χ0n) is 11.4. The van der Waals surface area contributed by atoms with Crippen LogP contribution in [0.1, 0.15) is 27.7 Å². The fourth-order valence-corrected chi connectivity index (χ4v) is 2.71. The average Bonchev–Trinajstić information content (AvgIpc) is 2.81. The van der Waals surface area contributed by atoms with Gasteiger partial charge in [0.25, 0.3) is 0 Å². The van der Waals surface area contributed by atoms with Crippen LogP contribution >= 0.6 is 0 Å². The molecule has 0 aromatic rings. The van der Waals surface area contributed by atoms with Crippen molar-refractivity contribution in [2.75, 3.05) is 13.2 Å². The first-order valence-electron chi connectivity index (χ1n) is 6.01. The van der Waals surface area contributed by atoms with Gasteiger partial charge < -0.3 is 9.47 Å². The third-order valence-electron chi connectivity index (χ3n) is 3.87. The largest absolute Gasteiger partial charge is 0.465 e. The monoisotopic (exact) mass is 264 g/mol. The fraction of sp³-hybridized carbons (Fsp3) is 0.692.